The van der Waals surface area contributed by atoms with E-state index in [1.54, 1.807) is 6.92 Å². The minimum atomic E-state index is -0.608. The molecule has 0 unspecified atom stereocenters. The van der Waals surface area contributed by atoms with Gasteiger partial charge in [-0.1, -0.05) is 23.7 Å². The quantitative estimate of drug-likeness (QED) is 0.540. The predicted octanol–water partition coefficient (Wildman–Crippen LogP) is 3.73. The van der Waals surface area contributed by atoms with Crippen LogP contribution in [0.4, 0.5) is 10.5 Å². The highest BCUT2D eigenvalue weighted by atomic mass is 35.5. The molecule has 2 amide bonds. The lowest BCUT2D eigenvalue weighted by Gasteiger charge is -2.38. The van der Waals surface area contributed by atoms with Gasteiger partial charge in [-0.15, -0.1) is 0 Å². The minimum Gasteiger partial charge on any atom is -0.494 e. The molecule has 0 radical (unpaired) electrons. The van der Waals surface area contributed by atoms with Crippen molar-refractivity contribution >= 4 is 29.3 Å². The summed E-state index contributed by atoms with van der Waals surface area (Å²) in [6.07, 6.45) is 0. The van der Waals surface area contributed by atoms with Crippen LogP contribution < -0.4 is 20.3 Å². The zero-order valence-electron chi connectivity index (χ0n) is 20.1. The molecule has 0 aliphatic carbocycles. The van der Waals surface area contributed by atoms with Crippen LogP contribution in [0.1, 0.15) is 25.5 Å². The number of carbonyl (C=O) groups is 2. The smallest absolute Gasteiger partial charge is 0.338 e. The molecule has 35 heavy (non-hydrogen) atoms. The van der Waals surface area contributed by atoms with Gasteiger partial charge in [0.25, 0.3) is 0 Å². The standard InChI is InChI=1S/C26H31ClN4O4/c1-3-34-21-11-5-18(6-12-21)24-23(25(32)35-4-2)22(28-26(33)29-24)17-30-13-15-31(16-14-30)20-9-7-19(27)8-10-20/h5-12,24H,3-4,13-17H2,1-2H3,(H2,28,29,33)/t24-/m0/s1. The van der Waals surface area contributed by atoms with Crippen LogP contribution >= 0.6 is 11.6 Å². The maximum absolute atomic E-state index is 13.0. The third-order valence-electron chi connectivity index (χ3n) is 6.12. The number of carbonyl (C=O) groups excluding carboxylic acids is 2. The Morgan fingerprint density at radius 1 is 1.00 bits per heavy atom. The van der Waals surface area contributed by atoms with Gasteiger partial charge in [0, 0.05) is 49.1 Å². The second kappa shape index (κ2) is 11.5. The topological polar surface area (TPSA) is 83.1 Å². The summed E-state index contributed by atoms with van der Waals surface area (Å²) in [5, 5.41) is 6.47. The van der Waals surface area contributed by atoms with Gasteiger partial charge in [-0.3, -0.25) is 4.90 Å². The lowest BCUT2D eigenvalue weighted by Crippen LogP contribution is -2.51. The van der Waals surface area contributed by atoms with Crippen LogP contribution in [0.3, 0.4) is 0 Å². The number of ether oxygens (including phenoxy) is 2. The maximum Gasteiger partial charge on any atom is 0.338 e. The number of hydrogen-bond donors (Lipinski definition) is 2. The number of benzene rings is 2. The lowest BCUT2D eigenvalue weighted by molar-refractivity contribution is -0.139. The predicted molar refractivity (Wildman–Crippen MR) is 136 cm³/mol. The van der Waals surface area contributed by atoms with Gasteiger partial charge in [0.05, 0.1) is 24.8 Å². The molecule has 0 aromatic heterocycles. The Kier molecular flexibility index (Phi) is 8.15. The highest BCUT2D eigenvalue weighted by Gasteiger charge is 2.34. The van der Waals surface area contributed by atoms with Crippen molar-refractivity contribution in [3.05, 3.63) is 70.4 Å². The first-order valence-corrected chi connectivity index (χ1v) is 12.3. The average Bonchev–Trinajstić information content (AvgIpc) is 2.85. The summed E-state index contributed by atoms with van der Waals surface area (Å²) in [6.45, 7) is 8.20. The Balaban J connectivity index is 1.54. The van der Waals surface area contributed by atoms with E-state index in [4.69, 9.17) is 21.1 Å². The van der Waals surface area contributed by atoms with Crippen LogP contribution in [0.5, 0.6) is 5.75 Å². The maximum atomic E-state index is 13.0. The van der Waals surface area contributed by atoms with Crippen LogP contribution in [0.25, 0.3) is 0 Å². The molecular weight excluding hydrogens is 468 g/mol. The van der Waals surface area contributed by atoms with Gasteiger partial charge in [0.2, 0.25) is 0 Å². The van der Waals surface area contributed by atoms with Crippen molar-refractivity contribution in [3.63, 3.8) is 0 Å². The molecule has 2 heterocycles. The zero-order valence-corrected chi connectivity index (χ0v) is 20.8. The van der Waals surface area contributed by atoms with E-state index in [2.05, 4.69) is 20.4 Å². The van der Waals surface area contributed by atoms with E-state index in [9.17, 15) is 9.59 Å². The van der Waals surface area contributed by atoms with Gasteiger partial charge in [-0.05, 0) is 55.8 Å². The van der Waals surface area contributed by atoms with Crippen LogP contribution in [0.15, 0.2) is 59.8 Å². The molecule has 4 rings (SSSR count). The zero-order chi connectivity index (χ0) is 24.8. The van der Waals surface area contributed by atoms with E-state index in [1.165, 1.54) is 0 Å². The Labute approximate surface area is 210 Å². The second-order valence-corrected chi connectivity index (χ2v) is 8.82. The lowest BCUT2D eigenvalue weighted by atomic mass is 9.94. The summed E-state index contributed by atoms with van der Waals surface area (Å²) < 4.78 is 10.9. The fourth-order valence-corrected chi connectivity index (χ4v) is 4.53. The number of amides is 2. The SMILES string of the molecule is CCOC(=O)C1=C(CN2CCN(c3ccc(Cl)cc3)CC2)NC(=O)N[C@H]1c1ccc(OCC)cc1. The fraction of sp³-hybridized carbons (Fsp3) is 0.385. The molecule has 186 valence electrons. The van der Waals surface area contributed by atoms with E-state index >= 15 is 0 Å². The van der Waals surface area contributed by atoms with Crippen molar-refractivity contribution in [3.8, 4) is 5.75 Å². The number of nitrogens with one attached hydrogen (secondary N) is 2. The number of halogens is 1. The highest BCUT2D eigenvalue weighted by Crippen LogP contribution is 2.30. The van der Waals surface area contributed by atoms with Crippen molar-refractivity contribution in [2.24, 2.45) is 0 Å². The van der Waals surface area contributed by atoms with Crippen molar-refractivity contribution in [2.45, 2.75) is 19.9 Å². The first-order chi connectivity index (χ1) is 17.0. The molecule has 1 fully saturated rings. The molecule has 2 aliphatic heterocycles. The molecule has 2 aromatic carbocycles. The number of rotatable bonds is 8. The van der Waals surface area contributed by atoms with Crippen LogP contribution in [0, 0.1) is 0 Å². The summed E-state index contributed by atoms with van der Waals surface area (Å²) in [4.78, 5) is 30.2. The monoisotopic (exact) mass is 498 g/mol. The van der Waals surface area contributed by atoms with Gasteiger partial charge >= 0.3 is 12.0 Å². The number of piperazine rings is 1. The molecular formula is C26H31ClN4O4. The Morgan fingerprint density at radius 3 is 2.31 bits per heavy atom. The minimum absolute atomic E-state index is 0.249. The van der Waals surface area contributed by atoms with Crippen molar-refractivity contribution < 1.29 is 19.1 Å². The Bertz CT molecular complexity index is 1060. The molecule has 1 saturated heterocycles. The van der Waals surface area contributed by atoms with E-state index in [0.29, 0.717) is 24.4 Å². The third-order valence-corrected chi connectivity index (χ3v) is 6.37. The summed E-state index contributed by atoms with van der Waals surface area (Å²) in [7, 11) is 0. The number of nitrogens with zero attached hydrogens (tertiary/aromatic N) is 2. The average molecular weight is 499 g/mol. The van der Waals surface area contributed by atoms with Gasteiger partial charge < -0.3 is 25.0 Å². The molecule has 2 aliphatic rings. The number of hydrogen-bond acceptors (Lipinski definition) is 6. The van der Waals surface area contributed by atoms with Crippen molar-refractivity contribution in [1.82, 2.24) is 15.5 Å². The van der Waals surface area contributed by atoms with Crippen molar-refractivity contribution in [2.75, 3.05) is 50.8 Å². The Hall–Kier alpha value is -3.23. The first kappa shape index (κ1) is 24.9. The van der Waals surface area contributed by atoms with Gasteiger partial charge in [0.1, 0.15) is 5.75 Å². The molecule has 0 bridgehead atoms. The molecule has 8 nitrogen and oxygen atoms in total. The van der Waals surface area contributed by atoms with E-state index in [0.717, 1.165) is 48.2 Å². The third kappa shape index (κ3) is 6.07. The number of anilines is 1. The Morgan fingerprint density at radius 2 is 1.69 bits per heavy atom. The second-order valence-electron chi connectivity index (χ2n) is 8.39. The summed E-state index contributed by atoms with van der Waals surface area (Å²) in [5.41, 5.74) is 2.92. The van der Waals surface area contributed by atoms with Gasteiger partial charge in [0.15, 0.2) is 0 Å². The van der Waals surface area contributed by atoms with Crippen molar-refractivity contribution in [1.29, 1.82) is 0 Å². The first-order valence-electron chi connectivity index (χ1n) is 11.9. The molecule has 1 atom stereocenters. The largest absolute Gasteiger partial charge is 0.494 e. The van der Waals surface area contributed by atoms with Crippen LogP contribution in [-0.2, 0) is 9.53 Å². The van der Waals surface area contributed by atoms with E-state index in [1.807, 2.05) is 55.5 Å². The molecule has 9 heteroatoms. The van der Waals surface area contributed by atoms with Gasteiger partial charge in [-0.25, -0.2) is 9.59 Å². The van der Waals surface area contributed by atoms with E-state index in [-0.39, 0.29) is 12.6 Å². The summed E-state index contributed by atoms with van der Waals surface area (Å²) >= 11 is 6.02. The number of urea groups is 1. The normalized spacial score (nSPS) is 18.7. The molecule has 2 N–H and O–H groups in total. The fourth-order valence-electron chi connectivity index (χ4n) is 4.41. The van der Waals surface area contributed by atoms with Crippen LogP contribution in [-0.4, -0.2) is 62.8 Å². The molecule has 0 spiro atoms. The highest BCUT2D eigenvalue weighted by molar-refractivity contribution is 6.30. The number of esters is 1. The molecule has 0 saturated carbocycles. The van der Waals surface area contributed by atoms with Gasteiger partial charge in [-0.2, -0.15) is 0 Å². The molecule has 2 aromatic rings. The summed E-state index contributed by atoms with van der Waals surface area (Å²) in [5.74, 6) is 0.297. The van der Waals surface area contributed by atoms with E-state index < -0.39 is 12.0 Å². The van der Waals surface area contributed by atoms with Crippen LogP contribution in [0.2, 0.25) is 5.02 Å². The summed E-state index contributed by atoms with van der Waals surface area (Å²) in [6, 6.07) is 14.3.